The zero-order chi connectivity index (χ0) is 22.1. The SMILES string of the molecule is COc1ccc(CC(=O)NC(Cc2ccc(C)cc2)C(=O)NCc2ccccc2)cc1. The van der Waals surface area contributed by atoms with E-state index in [0.29, 0.717) is 13.0 Å². The minimum absolute atomic E-state index is 0.195. The Labute approximate surface area is 183 Å². The summed E-state index contributed by atoms with van der Waals surface area (Å²) < 4.78 is 5.15. The molecular weight excluding hydrogens is 388 g/mol. The van der Waals surface area contributed by atoms with E-state index in [4.69, 9.17) is 4.74 Å². The monoisotopic (exact) mass is 416 g/mol. The second-order valence-electron chi connectivity index (χ2n) is 7.54. The van der Waals surface area contributed by atoms with Gasteiger partial charge in [0.2, 0.25) is 11.8 Å². The van der Waals surface area contributed by atoms with Gasteiger partial charge in [-0.25, -0.2) is 0 Å². The molecule has 0 fully saturated rings. The summed E-state index contributed by atoms with van der Waals surface area (Å²) in [6.07, 6.45) is 0.621. The lowest BCUT2D eigenvalue weighted by Crippen LogP contribution is -2.48. The number of nitrogens with one attached hydrogen (secondary N) is 2. The first-order valence-corrected chi connectivity index (χ1v) is 10.3. The van der Waals surface area contributed by atoms with Crippen molar-refractivity contribution in [3.8, 4) is 5.75 Å². The number of amides is 2. The first-order valence-electron chi connectivity index (χ1n) is 10.3. The van der Waals surface area contributed by atoms with Gasteiger partial charge in [-0.2, -0.15) is 0 Å². The molecule has 3 aromatic carbocycles. The van der Waals surface area contributed by atoms with E-state index in [1.165, 1.54) is 0 Å². The van der Waals surface area contributed by atoms with E-state index < -0.39 is 6.04 Å². The van der Waals surface area contributed by atoms with Crippen molar-refractivity contribution in [1.29, 1.82) is 0 Å². The highest BCUT2D eigenvalue weighted by molar-refractivity contribution is 5.88. The molecule has 5 nitrogen and oxygen atoms in total. The van der Waals surface area contributed by atoms with Crippen molar-refractivity contribution < 1.29 is 14.3 Å². The maximum Gasteiger partial charge on any atom is 0.243 e. The van der Waals surface area contributed by atoms with Gasteiger partial charge in [-0.05, 0) is 35.7 Å². The third-order valence-corrected chi connectivity index (χ3v) is 5.05. The van der Waals surface area contributed by atoms with Crippen molar-refractivity contribution in [2.75, 3.05) is 7.11 Å². The van der Waals surface area contributed by atoms with Crippen molar-refractivity contribution in [3.05, 3.63) is 101 Å². The normalized spacial score (nSPS) is 11.4. The predicted octanol–water partition coefficient (Wildman–Crippen LogP) is 3.59. The van der Waals surface area contributed by atoms with Gasteiger partial charge in [0.25, 0.3) is 0 Å². The third-order valence-electron chi connectivity index (χ3n) is 5.05. The van der Waals surface area contributed by atoms with E-state index in [2.05, 4.69) is 10.6 Å². The van der Waals surface area contributed by atoms with Crippen LogP contribution in [0.3, 0.4) is 0 Å². The van der Waals surface area contributed by atoms with Crippen LogP contribution in [0.15, 0.2) is 78.9 Å². The highest BCUT2D eigenvalue weighted by atomic mass is 16.5. The van der Waals surface area contributed by atoms with E-state index in [0.717, 1.165) is 28.0 Å². The molecule has 31 heavy (non-hydrogen) atoms. The summed E-state index contributed by atoms with van der Waals surface area (Å²) in [7, 11) is 1.60. The van der Waals surface area contributed by atoms with Crippen LogP contribution >= 0.6 is 0 Å². The van der Waals surface area contributed by atoms with Gasteiger partial charge < -0.3 is 15.4 Å². The fraction of sp³-hybridized carbons (Fsp3) is 0.231. The first kappa shape index (κ1) is 22.1. The standard InChI is InChI=1S/C26H28N2O3/c1-19-8-10-20(11-9-19)16-24(26(30)27-18-22-6-4-3-5-7-22)28-25(29)17-21-12-14-23(31-2)15-13-21/h3-15,24H,16-18H2,1-2H3,(H,27,30)(H,28,29). The Kier molecular flexibility index (Phi) is 7.82. The van der Waals surface area contributed by atoms with E-state index in [9.17, 15) is 9.59 Å². The van der Waals surface area contributed by atoms with Crippen LogP contribution in [0.25, 0.3) is 0 Å². The number of rotatable bonds is 9. The molecule has 0 aliphatic heterocycles. The summed E-state index contributed by atoms with van der Waals surface area (Å²) in [6, 6.07) is 24.4. The number of carbonyl (C=O) groups excluding carboxylic acids is 2. The summed E-state index contributed by atoms with van der Waals surface area (Å²) in [5, 5.41) is 5.86. The predicted molar refractivity (Wildman–Crippen MR) is 122 cm³/mol. The summed E-state index contributed by atoms with van der Waals surface area (Å²) in [5.74, 6) is 0.339. The van der Waals surface area contributed by atoms with E-state index in [1.807, 2.05) is 85.8 Å². The molecule has 0 aliphatic carbocycles. The fourth-order valence-electron chi connectivity index (χ4n) is 3.25. The fourth-order valence-corrected chi connectivity index (χ4v) is 3.25. The molecule has 2 N–H and O–H groups in total. The molecule has 160 valence electrons. The Morgan fingerprint density at radius 3 is 2.13 bits per heavy atom. The Hall–Kier alpha value is -3.60. The molecule has 0 aromatic heterocycles. The lowest BCUT2D eigenvalue weighted by molar-refractivity contribution is -0.128. The summed E-state index contributed by atoms with van der Waals surface area (Å²) >= 11 is 0. The van der Waals surface area contributed by atoms with Crippen molar-refractivity contribution in [2.24, 2.45) is 0 Å². The van der Waals surface area contributed by atoms with Gasteiger partial charge in [-0.1, -0.05) is 72.3 Å². The molecule has 5 heteroatoms. The van der Waals surface area contributed by atoms with Gasteiger partial charge in [0.05, 0.1) is 13.5 Å². The Bertz CT molecular complexity index is 983. The maximum absolute atomic E-state index is 12.9. The van der Waals surface area contributed by atoms with Crippen LogP contribution in [-0.2, 0) is 29.0 Å². The Morgan fingerprint density at radius 2 is 1.48 bits per heavy atom. The molecule has 1 atom stereocenters. The molecule has 1 unspecified atom stereocenters. The van der Waals surface area contributed by atoms with Crippen LogP contribution in [0.2, 0.25) is 0 Å². The lowest BCUT2D eigenvalue weighted by atomic mass is 10.0. The number of benzene rings is 3. The van der Waals surface area contributed by atoms with Crippen LogP contribution in [-0.4, -0.2) is 25.0 Å². The average Bonchev–Trinajstić information content (AvgIpc) is 2.79. The van der Waals surface area contributed by atoms with E-state index in [-0.39, 0.29) is 18.2 Å². The molecule has 3 rings (SSSR count). The number of aryl methyl sites for hydroxylation is 1. The molecular formula is C26H28N2O3. The van der Waals surface area contributed by atoms with Gasteiger partial charge in [0.15, 0.2) is 0 Å². The van der Waals surface area contributed by atoms with Gasteiger partial charge in [0.1, 0.15) is 11.8 Å². The van der Waals surface area contributed by atoms with Gasteiger partial charge in [0, 0.05) is 13.0 Å². The minimum Gasteiger partial charge on any atom is -0.497 e. The van der Waals surface area contributed by atoms with Crippen molar-refractivity contribution in [1.82, 2.24) is 10.6 Å². The molecule has 0 radical (unpaired) electrons. The molecule has 2 amide bonds. The lowest BCUT2D eigenvalue weighted by Gasteiger charge is -2.19. The number of hydrogen-bond acceptors (Lipinski definition) is 3. The molecule has 0 heterocycles. The largest absolute Gasteiger partial charge is 0.497 e. The van der Waals surface area contributed by atoms with Gasteiger partial charge >= 0.3 is 0 Å². The van der Waals surface area contributed by atoms with Crippen LogP contribution < -0.4 is 15.4 Å². The molecule has 0 saturated carbocycles. The smallest absolute Gasteiger partial charge is 0.243 e. The zero-order valence-electron chi connectivity index (χ0n) is 17.9. The number of hydrogen-bond donors (Lipinski definition) is 2. The molecule has 0 saturated heterocycles. The number of carbonyl (C=O) groups is 2. The highest BCUT2D eigenvalue weighted by Gasteiger charge is 2.21. The summed E-state index contributed by atoms with van der Waals surface area (Å²) in [5.41, 5.74) is 4.01. The summed E-state index contributed by atoms with van der Waals surface area (Å²) in [6.45, 7) is 2.43. The minimum atomic E-state index is -0.655. The molecule has 0 aliphatic rings. The second-order valence-corrected chi connectivity index (χ2v) is 7.54. The van der Waals surface area contributed by atoms with Crippen molar-refractivity contribution >= 4 is 11.8 Å². The number of ether oxygens (including phenoxy) is 1. The quantitative estimate of drug-likeness (QED) is 0.560. The second kappa shape index (κ2) is 11.0. The van der Waals surface area contributed by atoms with E-state index >= 15 is 0 Å². The maximum atomic E-state index is 12.9. The zero-order valence-corrected chi connectivity index (χ0v) is 17.9. The van der Waals surface area contributed by atoms with Crippen LogP contribution in [0.1, 0.15) is 22.3 Å². The van der Waals surface area contributed by atoms with Crippen molar-refractivity contribution in [3.63, 3.8) is 0 Å². The average molecular weight is 417 g/mol. The van der Waals surface area contributed by atoms with Crippen LogP contribution in [0.5, 0.6) is 5.75 Å². The third kappa shape index (κ3) is 7.00. The topological polar surface area (TPSA) is 67.4 Å². The molecule has 3 aromatic rings. The van der Waals surface area contributed by atoms with Gasteiger partial charge in [-0.3, -0.25) is 9.59 Å². The van der Waals surface area contributed by atoms with Crippen LogP contribution in [0.4, 0.5) is 0 Å². The number of methoxy groups -OCH3 is 1. The molecule has 0 spiro atoms. The highest BCUT2D eigenvalue weighted by Crippen LogP contribution is 2.12. The van der Waals surface area contributed by atoms with E-state index in [1.54, 1.807) is 7.11 Å². The summed E-state index contributed by atoms with van der Waals surface area (Å²) in [4.78, 5) is 25.6. The van der Waals surface area contributed by atoms with Crippen molar-refractivity contribution in [2.45, 2.75) is 32.4 Å². The Morgan fingerprint density at radius 1 is 0.839 bits per heavy atom. The first-order chi connectivity index (χ1) is 15.0. The van der Waals surface area contributed by atoms with Crippen LogP contribution in [0, 0.1) is 6.92 Å². The Balaban J connectivity index is 1.66. The molecule has 0 bridgehead atoms. The van der Waals surface area contributed by atoms with Gasteiger partial charge in [-0.15, -0.1) is 0 Å².